The van der Waals surface area contributed by atoms with Gasteiger partial charge < -0.3 is 10.6 Å². The highest BCUT2D eigenvalue weighted by atomic mass is 15.2. The fraction of sp³-hybridized carbons (Fsp3) is 0.524. The number of unbranched alkanes of at least 4 members (excludes halogenated alkanes) is 1. The molecule has 0 radical (unpaired) electrons. The summed E-state index contributed by atoms with van der Waals surface area (Å²) >= 11 is 0. The van der Waals surface area contributed by atoms with Crippen LogP contribution in [-0.2, 0) is 6.54 Å². The molecule has 2 N–H and O–H groups in total. The molecule has 1 heterocycles. The van der Waals surface area contributed by atoms with Gasteiger partial charge in [0.1, 0.15) is 0 Å². The van der Waals surface area contributed by atoms with Crippen molar-refractivity contribution in [2.75, 3.05) is 32.7 Å². The Kier molecular flexibility index (Phi) is 5.88. The van der Waals surface area contributed by atoms with E-state index in [1.807, 2.05) is 0 Å². The standard InChI is InChI=1S/C21H31N3/c1-3-23(4-2)13-7-8-14-24-16-20-18-10-6-5-9-17(18)11-12-19(20)21(24)15-22/h5-6,9-12,21H,3-4,7-8,13-16,22H2,1-2H3. The molecular weight excluding hydrogens is 294 g/mol. The highest BCUT2D eigenvalue weighted by Gasteiger charge is 2.29. The minimum Gasteiger partial charge on any atom is -0.329 e. The summed E-state index contributed by atoms with van der Waals surface area (Å²) < 4.78 is 0. The van der Waals surface area contributed by atoms with Gasteiger partial charge in [-0.2, -0.15) is 0 Å². The molecule has 24 heavy (non-hydrogen) atoms. The summed E-state index contributed by atoms with van der Waals surface area (Å²) in [6.45, 7) is 10.9. The Hall–Kier alpha value is -1.42. The zero-order valence-electron chi connectivity index (χ0n) is 15.2. The van der Waals surface area contributed by atoms with Crippen LogP contribution in [0.4, 0.5) is 0 Å². The predicted octanol–water partition coefficient (Wildman–Crippen LogP) is 3.78. The lowest BCUT2D eigenvalue weighted by Crippen LogP contribution is -2.30. The lowest BCUT2D eigenvalue weighted by Gasteiger charge is -2.24. The molecule has 3 heteroatoms. The van der Waals surface area contributed by atoms with Crippen LogP contribution in [0.5, 0.6) is 0 Å². The van der Waals surface area contributed by atoms with E-state index in [0.29, 0.717) is 12.6 Å². The Morgan fingerprint density at radius 3 is 2.62 bits per heavy atom. The van der Waals surface area contributed by atoms with E-state index in [-0.39, 0.29) is 0 Å². The second-order valence-corrected chi connectivity index (χ2v) is 6.81. The lowest BCUT2D eigenvalue weighted by atomic mass is 9.98. The van der Waals surface area contributed by atoms with Crippen LogP contribution in [0.3, 0.4) is 0 Å². The van der Waals surface area contributed by atoms with Gasteiger partial charge in [-0.25, -0.2) is 0 Å². The fourth-order valence-corrected chi connectivity index (χ4v) is 4.05. The molecule has 3 rings (SSSR count). The van der Waals surface area contributed by atoms with Crippen LogP contribution in [0.15, 0.2) is 36.4 Å². The maximum atomic E-state index is 6.13. The van der Waals surface area contributed by atoms with Gasteiger partial charge in [0.15, 0.2) is 0 Å². The van der Waals surface area contributed by atoms with Crippen molar-refractivity contribution in [3.8, 4) is 0 Å². The van der Waals surface area contributed by atoms with Crippen molar-refractivity contribution in [1.82, 2.24) is 9.80 Å². The Morgan fingerprint density at radius 2 is 1.88 bits per heavy atom. The molecule has 2 aromatic carbocycles. The van der Waals surface area contributed by atoms with Crippen molar-refractivity contribution in [2.45, 2.75) is 39.3 Å². The molecule has 0 aromatic heterocycles. The van der Waals surface area contributed by atoms with Gasteiger partial charge in [0, 0.05) is 19.1 Å². The molecule has 2 aromatic rings. The third-order valence-electron chi connectivity index (χ3n) is 5.53. The van der Waals surface area contributed by atoms with E-state index in [1.54, 1.807) is 0 Å². The molecule has 1 atom stereocenters. The first-order valence-electron chi connectivity index (χ1n) is 9.45. The highest BCUT2D eigenvalue weighted by Crippen LogP contribution is 2.37. The maximum Gasteiger partial charge on any atom is 0.0477 e. The zero-order valence-corrected chi connectivity index (χ0v) is 15.2. The summed E-state index contributed by atoms with van der Waals surface area (Å²) in [4.78, 5) is 5.09. The van der Waals surface area contributed by atoms with Crippen LogP contribution in [0.2, 0.25) is 0 Å². The first-order valence-corrected chi connectivity index (χ1v) is 9.45. The summed E-state index contributed by atoms with van der Waals surface area (Å²) in [5, 5.41) is 2.74. The highest BCUT2D eigenvalue weighted by molar-refractivity contribution is 5.87. The normalized spacial score (nSPS) is 17.8. The van der Waals surface area contributed by atoms with Gasteiger partial charge in [0.2, 0.25) is 0 Å². The Labute approximate surface area is 146 Å². The van der Waals surface area contributed by atoms with Crippen molar-refractivity contribution in [1.29, 1.82) is 0 Å². The van der Waals surface area contributed by atoms with E-state index in [9.17, 15) is 0 Å². The SMILES string of the molecule is CCN(CC)CCCCN1Cc2c(ccc3ccccc23)C1CN. The molecule has 3 nitrogen and oxygen atoms in total. The summed E-state index contributed by atoms with van der Waals surface area (Å²) in [5.74, 6) is 0. The molecular formula is C21H31N3. The molecule has 0 spiro atoms. The van der Waals surface area contributed by atoms with E-state index in [2.05, 4.69) is 60.0 Å². The molecule has 0 saturated carbocycles. The van der Waals surface area contributed by atoms with Crippen molar-refractivity contribution >= 4 is 10.8 Å². The van der Waals surface area contributed by atoms with E-state index in [1.165, 1.54) is 41.3 Å². The van der Waals surface area contributed by atoms with Gasteiger partial charge in [0.05, 0.1) is 0 Å². The van der Waals surface area contributed by atoms with Gasteiger partial charge >= 0.3 is 0 Å². The fourth-order valence-electron chi connectivity index (χ4n) is 4.05. The number of hydrogen-bond acceptors (Lipinski definition) is 3. The average molecular weight is 326 g/mol. The number of fused-ring (bicyclic) bond motifs is 3. The quantitative estimate of drug-likeness (QED) is 0.750. The number of benzene rings is 2. The molecule has 0 fully saturated rings. The van der Waals surface area contributed by atoms with Gasteiger partial charge in [-0.1, -0.05) is 50.2 Å². The van der Waals surface area contributed by atoms with Crippen LogP contribution in [0, 0.1) is 0 Å². The van der Waals surface area contributed by atoms with Crippen LogP contribution >= 0.6 is 0 Å². The van der Waals surface area contributed by atoms with Gasteiger partial charge in [-0.15, -0.1) is 0 Å². The summed E-state index contributed by atoms with van der Waals surface area (Å²) in [6.07, 6.45) is 2.52. The third kappa shape index (κ3) is 3.49. The molecule has 0 saturated heterocycles. The minimum absolute atomic E-state index is 0.387. The van der Waals surface area contributed by atoms with E-state index in [0.717, 1.165) is 26.2 Å². The third-order valence-corrected chi connectivity index (χ3v) is 5.53. The monoisotopic (exact) mass is 325 g/mol. The van der Waals surface area contributed by atoms with Gasteiger partial charge in [0.25, 0.3) is 0 Å². The molecule has 0 amide bonds. The first kappa shape index (κ1) is 17.4. The average Bonchev–Trinajstić information content (AvgIpc) is 2.99. The van der Waals surface area contributed by atoms with Crippen molar-refractivity contribution in [3.63, 3.8) is 0 Å². The van der Waals surface area contributed by atoms with Gasteiger partial charge in [-0.05, 0) is 60.9 Å². The van der Waals surface area contributed by atoms with E-state index >= 15 is 0 Å². The van der Waals surface area contributed by atoms with Crippen LogP contribution in [-0.4, -0.2) is 42.5 Å². The maximum absolute atomic E-state index is 6.13. The molecule has 1 aliphatic heterocycles. The Balaban J connectivity index is 1.67. The first-order chi connectivity index (χ1) is 11.8. The van der Waals surface area contributed by atoms with E-state index < -0.39 is 0 Å². The molecule has 130 valence electrons. The second-order valence-electron chi connectivity index (χ2n) is 6.81. The summed E-state index contributed by atoms with van der Waals surface area (Å²) in [6, 6.07) is 13.7. The van der Waals surface area contributed by atoms with Crippen molar-refractivity contribution in [3.05, 3.63) is 47.5 Å². The van der Waals surface area contributed by atoms with E-state index in [4.69, 9.17) is 5.73 Å². The Bertz CT molecular complexity index is 663. The molecule has 1 aliphatic rings. The smallest absolute Gasteiger partial charge is 0.0477 e. The van der Waals surface area contributed by atoms with Crippen LogP contribution in [0.25, 0.3) is 10.8 Å². The largest absolute Gasteiger partial charge is 0.329 e. The van der Waals surface area contributed by atoms with Crippen LogP contribution in [0.1, 0.15) is 43.9 Å². The zero-order chi connectivity index (χ0) is 16.9. The number of nitrogens with zero attached hydrogens (tertiary/aromatic N) is 2. The topological polar surface area (TPSA) is 32.5 Å². The minimum atomic E-state index is 0.387. The summed E-state index contributed by atoms with van der Waals surface area (Å²) in [5.41, 5.74) is 9.07. The predicted molar refractivity (Wildman–Crippen MR) is 103 cm³/mol. The molecule has 0 aliphatic carbocycles. The second kappa shape index (κ2) is 8.11. The van der Waals surface area contributed by atoms with Crippen molar-refractivity contribution in [2.24, 2.45) is 5.73 Å². The molecule has 1 unspecified atom stereocenters. The number of rotatable bonds is 8. The Morgan fingerprint density at radius 1 is 1.08 bits per heavy atom. The molecule has 0 bridgehead atoms. The van der Waals surface area contributed by atoms with Crippen molar-refractivity contribution < 1.29 is 0 Å². The lowest BCUT2D eigenvalue weighted by molar-refractivity contribution is 0.208. The number of hydrogen-bond donors (Lipinski definition) is 1. The van der Waals surface area contributed by atoms with Gasteiger partial charge in [-0.3, -0.25) is 4.90 Å². The van der Waals surface area contributed by atoms with Crippen LogP contribution < -0.4 is 5.73 Å². The number of nitrogens with two attached hydrogens (primary N) is 1. The summed E-state index contributed by atoms with van der Waals surface area (Å²) in [7, 11) is 0.